The highest BCUT2D eigenvalue weighted by molar-refractivity contribution is 5.53. The van der Waals surface area contributed by atoms with Crippen molar-refractivity contribution in [2.45, 2.75) is 38.8 Å². The van der Waals surface area contributed by atoms with Crippen LogP contribution in [0.2, 0.25) is 0 Å². The Balaban J connectivity index is 1.82. The summed E-state index contributed by atoms with van der Waals surface area (Å²) in [4.78, 5) is 11.1. The minimum Gasteiger partial charge on any atom is -0.481 e. The molecule has 0 spiro atoms. The Morgan fingerprint density at radius 2 is 2.24 bits per heavy atom. The average Bonchev–Trinajstić information content (AvgIpc) is 3.16. The molecule has 21 heavy (non-hydrogen) atoms. The van der Waals surface area contributed by atoms with Crippen molar-refractivity contribution in [1.29, 1.82) is 0 Å². The smallest absolute Gasteiger partial charge is 0.244 e. The van der Waals surface area contributed by atoms with Crippen molar-refractivity contribution in [3.05, 3.63) is 24.2 Å². The third-order valence-corrected chi connectivity index (χ3v) is 3.89. The zero-order valence-corrected chi connectivity index (χ0v) is 12.6. The van der Waals surface area contributed by atoms with E-state index >= 15 is 0 Å². The fraction of sp³-hybridized carbons (Fsp3) is 0.533. The van der Waals surface area contributed by atoms with Gasteiger partial charge in [-0.05, 0) is 39.3 Å². The molecule has 3 heterocycles. The summed E-state index contributed by atoms with van der Waals surface area (Å²) < 4.78 is 10.5. The van der Waals surface area contributed by atoms with Crippen molar-refractivity contribution in [2.24, 2.45) is 0 Å². The van der Waals surface area contributed by atoms with Crippen molar-refractivity contribution in [3.8, 4) is 17.3 Å². The molecule has 0 radical (unpaired) electrons. The summed E-state index contributed by atoms with van der Waals surface area (Å²) in [6, 6.07) is 4.39. The van der Waals surface area contributed by atoms with Crippen LogP contribution in [0.5, 0.6) is 5.88 Å². The highest BCUT2D eigenvalue weighted by Gasteiger charge is 2.32. The van der Waals surface area contributed by atoms with Crippen LogP contribution in [0, 0.1) is 0 Å². The molecular weight excluding hydrogens is 268 g/mol. The normalized spacial score (nSPS) is 19.3. The minimum absolute atomic E-state index is 0.234. The highest BCUT2D eigenvalue weighted by Crippen LogP contribution is 2.33. The largest absolute Gasteiger partial charge is 0.481 e. The molecule has 1 saturated heterocycles. The highest BCUT2D eigenvalue weighted by atomic mass is 16.5. The first-order chi connectivity index (χ1) is 10.2. The lowest BCUT2D eigenvalue weighted by Gasteiger charge is -2.25. The van der Waals surface area contributed by atoms with Gasteiger partial charge < -0.3 is 9.26 Å². The molecule has 0 aromatic carbocycles. The zero-order valence-electron chi connectivity index (χ0n) is 12.6. The van der Waals surface area contributed by atoms with Crippen LogP contribution in [0.25, 0.3) is 11.4 Å². The van der Waals surface area contributed by atoms with E-state index in [-0.39, 0.29) is 6.04 Å². The molecule has 1 aliphatic rings. The second kappa shape index (κ2) is 5.81. The van der Waals surface area contributed by atoms with Crippen molar-refractivity contribution < 1.29 is 9.26 Å². The van der Waals surface area contributed by atoms with E-state index in [0.29, 0.717) is 23.6 Å². The van der Waals surface area contributed by atoms with E-state index in [4.69, 9.17) is 9.26 Å². The van der Waals surface area contributed by atoms with E-state index in [1.165, 1.54) is 6.42 Å². The molecule has 0 N–H and O–H groups in total. The number of hydrogen-bond acceptors (Lipinski definition) is 6. The van der Waals surface area contributed by atoms with Gasteiger partial charge in [0.1, 0.15) is 0 Å². The average molecular weight is 288 g/mol. The van der Waals surface area contributed by atoms with E-state index in [1.807, 2.05) is 6.07 Å². The molecule has 2 aromatic heterocycles. The lowest BCUT2D eigenvalue weighted by atomic mass is 10.2. The number of hydrogen-bond donors (Lipinski definition) is 0. The maximum atomic E-state index is 5.48. The first-order valence-corrected chi connectivity index (χ1v) is 7.29. The fourth-order valence-electron chi connectivity index (χ4n) is 2.79. The van der Waals surface area contributed by atoms with Gasteiger partial charge in [-0.15, -0.1) is 0 Å². The van der Waals surface area contributed by atoms with Crippen LogP contribution in [-0.4, -0.2) is 39.7 Å². The minimum atomic E-state index is 0.234. The molecule has 1 atom stereocenters. The van der Waals surface area contributed by atoms with E-state index in [2.05, 4.69) is 33.9 Å². The van der Waals surface area contributed by atoms with Crippen LogP contribution in [0.15, 0.2) is 22.9 Å². The summed E-state index contributed by atoms with van der Waals surface area (Å²) >= 11 is 0. The van der Waals surface area contributed by atoms with Crippen LogP contribution in [0.4, 0.5) is 0 Å². The quantitative estimate of drug-likeness (QED) is 0.862. The number of methoxy groups -OCH3 is 1. The van der Waals surface area contributed by atoms with Crippen LogP contribution < -0.4 is 4.74 Å². The number of nitrogens with zero attached hydrogens (tertiary/aromatic N) is 4. The Bertz CT molecular complexity index is 594. The van der Waals surface area contributed by atoms with Crippen molar-refractivity contribution in [2.75, 3.05) is 13.7 Å². The van der Waals surface area contributed by atoms with Gasteiger partial charge in [0, 0.05) is 23.9 Å². The number of ether oxygens (including phenoxy) is 1. The van der Waals surface area contributed by atoms with Crippen LogP contribution in [0.3, 0.4) is 0 Å². The summed E-state index contributed by atoms with van der Waals surface area (Å²) in [5, 5.41) is 4.09. The number of likely N-dealkylation sites (tertiary alicyclic amines) is 1. The molecule has 0 bridgehead atoms. The predicted octanol–water partition coefficient (Wildman–Crippen LogP) is 2.69. The second-order valence-electron chi connectivity index (χ2n) is 5.54. The van der Waals surface area contributed by atoms with E-state index in [9.17, 15) is 0 Å². The van der Waals surface area contributed by atoms with Gasteiger partial charge >= 0.3 is 0 Å². The predicted molar refractivity (Wildman–Crippen MR) is 77.9 cm³/mol. The first kappa shape index (κ1) is 14.0. The Kier molecular flexibility index (Phi) is 3.88. The number of rotatable bonds is 4. The number of aromatic nitrogens is 3. The Hall–Kier alpha value is -1.95. The number of pyridine rings is 1. The van der Waals surface area contributed by atoms with Crippen LogP contribution in [0.1, 0.15) is 38.6 Å². The standard InChI is InChI=1S/C15H20N4O2/c1-10(2)19-8-4-5-12(19)15-17-14(18-21-15)11-6-7-13(20-3)16-9-11/h6-7,9-10,12H,4-5,8H2,1-3H3/t12-/m0/s1. The van der Waals surface area contributed by atoms with Crippen molar-refractivity contribution >= 4 is 0 Å². The van der Waals surface area contributed by atoms with Crippen molar-refractivity contribution in [1.82, 2.24) is 20.0 Å². The summed E-state index contributed by atoms with van der Waals surface area (Å²) in [6.07, 6.45) is 3.94. The van der Waals surface area contributed by atoms with Crippen LogP contribution in [-0.2, 0) is 0 Å². The molecule has 0 aliphatic carbocycles. The monoisotopic (exact) mass is 288 g/mol. The molecule has 0 amide bonds. The summed E-state index contributed by atoms with van der Waals surface area (Å²) in [7, 11) is 1.59. The molecule has 2 aromatic rings. The van der Waals surface area contributed by atoms with Gasteiger partial charge in [-0.1, -0.05) is 5.16 Å². The van der Waals surface area contributed by atoms with Gasteiger partial charge in [0.05, 0.1) is 13.2 Å². The Morgan fingerprint density at radius 3 is 2.90 bits per heavy atom. The molecule has 112 valence electrons. The van der Waals surface area contributed by atoms with E-state index < -0.39 is 0 Å². The molecule has 6 heteroatoms. The third-order valence-electron chi connectivity index (χ3n) is 3.89. The molecule has 6 nitrogen and oxygen atoms in total. The second-order valence-corrected chi connectivity index (χ2v) is 5.54. The maximum Gasteiger partial charge on any atom is 0.244 e. The van der Waals surface area contributed by atoms with Gasteiger partial charge in [0.15, 0.2) is 0 Å². The first-order valence-electron chi connectivity index (χ1n) is 7.29. The lowest BCUT2D eigenvalue weighted by Crippen LogP contribution is -2.30. The maximum absolute atomic E-state index is 5.48. The lowest BCUT2D eigenvalue weighted by molar-refractivity contribution is 0.170. The Morgan fingerprint density at radius 1 is 1.38 bits per heavy atom. The third kappa shape index (κ3) is 2.76. The van der Waals surface area contributed by atoms with Gasteiger partial charge in [0.2, 0.25) is 17.6 Å². The summed E-state index contributed by atoms with van der Waals surface area (Å²) in [5.41, 5.74) is 0.833. The topological polar surface area (TPSA) is 64.3 Å². The molecule has 0 unspecified atom stereocenters. The Labute approximate surface area is 124 Å². The van der Waals surface area contributed by atoms with Crippen LogP contribution >= 0.6 is 0 Å². The zero-order chi connectivity index (χ0) is 14.8. The summed E-state index contributed by atoms with van der Waals surface area (Å²) in [5.74, 6) is 1.85. The molecule has 1 aliphatic heterocycles. The SMILES string of the molecule is COc1ccc(-c2noc([C@@H]3CCCN3C(C)C)n2)cn1. The van der Waals surface area contributed by atoms with Gasteiger partial charge in [0.25, 0.3) is 0 Å². The molecule has 0 saturated carbocycles. The molecule has 1 fully saturated rings. The van der Waals surface area contributed by atoms with Crippen molar-refractivity contribution in [3.63, 3.8) is 0 Å². The van der Waals surface area contributed by atoms with E-state index in [1.54, 1.807) is 19.4 Å². The van der Waals surface area contributed by atoms with Gasteiger partial charge in [-0.25, -0.2) is 4.98 Å². The molecular formula is C15H20N4O2. The summed E-state index contributed by atoms with van der Waals surface area (Å²) in [6.45, 7) is 5.48. The molecule has 3 rings (SSSR count). The van der Waals surface area contributed by atoms with E-state index in [0.717, 1.165) is 18.5 Å². The van der Waals surface area contributed by atoms with Gasteiger partial charge in [-0.2, -0.15) is 4.98 Å². The fourth-order valence-corrected chi connectivity index (χ4v) is 2.79. The van der Waals surface area contributed by atoms with Gasteiger partial charge in [-0.3, -0.25) is 4.90 Å².